The maximum atomic E-state index is 6.25. The SMILES string of the molecule is CCc1cccnc1C(N)c1cscc1Br. The average molecular weight is 297 g/mol. The number of nitrogens with zero attached hydrogens (tertiary/aromatic N) is 1. The highest BCUT2D eigenvalue weighted by atomic mass is 79.9. The van der Waals surface area contributed by atoms with E-state index in [0.717, 1.165) is 22.2 Å². The normalized spacial score (nSPS) is 12.7. The standard InChI is InChI=1S/C12H13BrN2S/c1-2-8-4-3-5-15-12(8)11(14)9-6-16-7-10(9)13/h3-7,11H,2,14H2,1H3. The van der Waals surface area contributed by atoms with Crippen LogP contribution in [0.3, 0.4) is 0 Å². The lowest BCUT2D eigenvalue weighted by atomic mass is 10.0. The molecule has 0 aliphatic heterocycles. The van der Waals surface area contributed by atoms with E-state index in [1.807, 2.05) is 11.4 Å². The first-order valence-corrected chi connectivity index (χ1v) is 6.88. The summed E-state index contributed by atoms with van der Waals surface area (Å²) in [5, 5.41) is 4.12. The van der Waals surface area contributed by atoms with Gasteiger partial charge >= 0.3 is 0 Å². The number of aryl methyl sites for hydroxylation is 1. The second kappa shape index (κ2) is 5.08. The number of thiophene rings is 1. The quantitative estimate of drug-likeness (QED) is 0.941. The molecule has 84 valence electrons. The van der Waals surface area contributed by atoms with Gasteiger partial charge in [0.05, 0.1) is 11.7 Å². The van der Waals surface area contributed by atoms with E-state index in [1.54, 1.807) is 17.5 Å². The van der Waals surface area contributed by atoms with Gasteiger partial charge in [-0.3, -0.25) is 4.98 Å². The molecule has 4 heteroatoms. The number of aromatic nitrogens is 1. The van der Waals surface area contributed by atoms with E-state index >= 15 is 0 Å². The molecule has 2 N–H and O–H groups in total. The molecule has 2 aromatic heterocycles. The summed E-state index contributed by atoms with van der Waals surface area (Å²) in [6.07, 6.45) is 2.76. The van der Waals surface area contributed by atoms with Crippen LogP contribution in [0, 0.1) is 0 Å². The van der Waals surface area contributed by atoms with Gasteiger partial charge in [-0.1, -0.05) is 13.0 Å². The van der Waals surface area contributed by atoms with E-state index in [-0.39, 0.29) is 6.04 Å². The maximum Gasteiger partial charge on any atom is 0.0748 e. The zero-order valence-corrected chi connectivity index (χ0v) is 11.4. The van der Waals surface area contributed by atoms with Gasteiger partial charge in [0.15, 0.2) is 0 Å². The topological polar surface area (TPSA) is 38.9 Å². The van der Waals surface area contributed by atoms with Gasteiger partial charge in [0.25, 0.3) is 0 Å². The summed E-state index contributed by atoms with van der Waals surface area (Å²) in [6, 6.07) is 3.90. The third-order valence-electron chi connectivity index (χ3n) is 2.58. The lowest BCUT2D eigenvalue weighted by Gasteiger charge is -2.14. The molecule has 0 aromatic carbocycles. The van der Waals surface area contributed by atoms with Crippen molar-refractivity contribution in [3.63, 3.8) is 0 Å². The summed E-state index contributed by atoms with van der Waals surface area (Å²) >= 11 is 5.16. The number of pyridine rings is 1. The molecule has 0 saturated carbocycles. The molecule has 0 radical (unpaired) electrons. The van der Waals surface area contributed by atoms with Crippen molar-refractivity contribution in [2.75, 3.05) is 0 Å². The predicted octanol–water partition coefficient (Wildman–Crippen LogP) is 3.52. The van der Waals surface area contributed by atoms with E-state index in [4.69, 9.17) is 5.73 Å². The summed E-state index contributed by atoms with van der Waals surface area (Å²) in [6.45, 7) is 2.12. The van der Waals surface area contributed by atoms with Gasteiger partial charge in [-0.2, -0.15) is 11.3 Å². The van der Waals surface area contributed by atoms with E-state index in [9.17, 15) is 0 Å². The minimum atomic E-state index is -0.142. The van der Waals surface area contributed by atoms with Gasteiger partial charge in [0.2, 0.25) is 0 Å². The van der Waals surface area contributed by atoms with Crippen molar-refractivity contribution >= 4 is 27.3 Å². The van der Waals surface area contributed by atoms with Crippen molar-refractivity contribution in [3.05, 3.63) is 50.4 Å². The first-order valence-electron chi connectivity index (χ1n) is 5.15. The molecule has 2 nitrogen and oxygen atoms in total. The Morgan fingerprint density at radius 2 is 2.31 bits per heavy atom. The summed E-state index contributed by atoms with van der Waals surface area (Å²) in [4.78, 5) is 4.41. The van der Waals surface area contributed by atoms with Crippen LogP contribution in [-0.2, 0) is 6.42 Å². The molecule has 0 aliphatic carbocycles. The van der Waals surface area contributed by atoms with Crippen molar-refractivity contribution in [3.8, 4) is 0 Å². The molecule has 2 heterocycles. The molecule has 0 aliphatic rings. The van der Waals surface area contributed by atoms with Gasteiger partial charge in [-0.15, -0.1) is 0 Å². The Kier molecular flexibility index (Phi) is 3.74. The van der Waals surface area contributed by atoms with Crippen molar-refractivity contribution in [2.24, 2.45) is 5.73 Å². The fraction of sp³-hybridized carbons (Fsp3) is 0.250. The molecule has 1 unspecified atom stereocenters. The van der Waals surface area contributed by atoms with Crippen molar-refractivity contribution in [2.45, 2.75) is 19.4 Å². The van der Waals surface area contributed by atoms with Crippen LogP contribution in [0.1, 0.15) is 29.8 Å². The summed E-state index contributed by atoms with van der Waals surface area (Å²) in [5.41, 5.74) is 9.55. The molecule has 16 heavy (non-hydrogen) atoms. The number of rotatable bonds is 3. The highest BCUT2D eigenvalue weighted by Crippen LogP contribution is 2.30. The highest BCUT2D eigenvalue weighted by Gasteiger charge is 2.16. The number of halogens is 1. The van der Waals surface area contributed by atoms with Crippen LogP contribution >= 0.6 is 27.3 Å². The molecule has 2 aromatic rings. The Labute approximate surface area is 108 Å². The fourth-order valence-electron chi connectivity index (χ4n) is 1.69. The Morgan fingerprint density at radius 3 is 2.94 bits per heavy atom. The summed E-state index contributed by atoms with van der Waals surface area (Å²) in [7, 11) is 0. The van der Waals surface area contributed by atoms with Crippen molar-refractivity contribution < 1.29 is 0 Å². The van der Waals surface area contributed by atoms with Gasteiger partial charge in [0.1, 0.15) is 0 Å². The number of hydrogen-bond acceptors (Lipinski definition) is 3. The van der Waals surface area contributed by atoms with Crippen LogP contribution in [0.2, 0.25) is 0 Å². The van der Waals surface area contributed by atoms with Crippen molar-refractivity contribution in [1.82, 2.24) is 4.98 Å². The smallest absolute Gasteiger partial charge is 0.0748 e. The van der Waals surface area contributed by atoms with E-state index < -0.39 is 0 Å². The lowest BCUT2D eigenvalue weighted by molar-refractivity contribution is 0.806. The minimum absolute atomic E-state index is 0.142. The van der Waals surface area contributed by atoms with Gasteiger partial charge < -0.3 is 5.73 Å². The monoisotopic (exact) mass is 296 g/mol. The van der Waals surface area contributed by atoms with Crippen LogP contribution in [0.15, 0.2) is 33.6 Å². The third-order valence-corrected chi connectivity index (χ3v) is 4.33. The third kappa shape index (κ3) is 2.19. The second-order valence-corrected chi connectivity index (χ2v) is 5.15. The van der Waals surface area contributed by atoms with Crippen LogP contribution in [0.25, 0.3) is 0 Å². The molecular weight excluding hydrogens is 284 g/mol. The lowest BCUT2D eigenvalue weighted by Crippen LogP contribution is -2.15. The van der Waals surface area contributed by atoms with Crippen molar-refractivity contribution in [1.29, 1.82) is 0 Å². The first-order chi connectivity index (χ1) is 7.74. The largest absolute Gasteiger partial charge is 0.319 e. The summed E-state index contributed by atoms with van der Waals surface area (Å²) < 4.78 is 1.07. The Bertz CT molecular complexity index is 481. The second-order valence-electron chi connectivity index (χ2n) is 3.55. The average Bonchev–Trinajstić information content (AvgIpc) is 2.74. The van der Waals surface area contributed by atoms with Crippen LogP contribution in [0.5, 0.6) is 0 Å². The van der Waals surface area contributed by atoms with Crippen LogP contribution in [-0.4, -0.2) is 4.98 Å². The van der Waals surface area contributed by atoms with E-state index in [2.05, 4.69) is 39.3 Å². The number of hydrogen-bond donors (Lipinski definition) is 1. The zero-order valence-electron chi connectivity index (χ0n) is 8.98. The maximum absolute atomic E-state index is 6.25. The van der Waals surface area contributed by atoms with Gasteiger partial charge in [-0.05, 0) is 44.9 Å². The molecule has 0 bridgehead atoms. The molecule has 0 saturated heterocycles. The van der Waals surface area contributed by atoms with Gasteiger partial charge in [0, 0.05) is 16.0 Å². The fourth-order valence-corrected chi connectivity index (χ4v) is 3.27. The molecule has 0 fully saturated rings. The molecule has 0 amide bonds. The molecule has 0 spiro atoms. The predicted molar refractivity (Wildman–Crippen MR) is 71.7 cm³/mol. The van der Waals surface area contributed by atoms with E-state index in [1.165, 1.54) is 5.56 Å². The van der Waals surface area contributed by atoms with E-state index in [0.29, 0.717) is 0 Å². The zero-order chi connectivity index (χ0) is 11.5. The molecule has 1 atom stereocenters. The highest BCUT2D eigenvalue weighted by molar-refractivity contribution is 9.10. The van der Waals surface area contributed by atoms with Crippen LogP contribution in [0.4, 0.5) is 0 Å². The summed E-state index contributed by atoms with van der Waals surface area (Å²) in [5.74, 6) is 0. The van der Waals surface area contributed by atoms with Gasteiger partial charge in [-0.25, -0.2) is 0 Å². The number of nitrogens with two attached hydrogens (primary N) is 1. The first kappa shape index (κ1) is 11.8. The Hall–Kier alpha value is -0.710. The molecule has 2 rings (SSSR count). The Balaban J connectivity index is 2.41. The van der Waals surface area contributed by atoms with Crippen LogP contribution < -0.4 is 5.73 Å². The Morgan fingerprint density at radius 1 is 1.50 bits per heavy atom. The minimum Gasteiger partial charge on any atom is -0.319 e. The molecular formula is C12H13BrN2S.